The van der Waals surface area contributed by atoms with E-state index in [1.165, 1.54) is 4.57 Å². The molecule has 3 heterocycles. The van der Waals surface area contributed by atoms with Gasteiger partial charge < -0.3 is 24.3 Å². The quantitative estimate of drug-likeness (QED) is 0.251. The van der Waals surface area contributed by atoms with E-state index in [-0.39, 0.29) is 28.5 Å². The van der Waals surface area contributed by atoms with Gasteiger partial charge in [-0.05, 0) is 15.9 Å². The second-order valence-electron chi connectivity index (χ2n) is 9.55. The molecule has 14 heteroatoms. The monoisotopic (exact) mass is 585 g/mol. The summed E-state index contributed by atoms with van der Waals surface area (Å²) in [7, 11) is 1.58. The van der Waals surface area contributed by atoms with Crippen LogP contribution in [0.5, 0.6) is 0 Å². The normalized spacial score (nSPS) is 21.6. The summed E-state index contributed by atoms with van der Waals surface area (Å²) in [5.41, 5.74) is -0.370. The van der Waals surface area contributed by atoms with Gasteiger partial charge in [0.2, 0.25) is 5.95 Å². The van der Waals surface area contributed by atoms with Gasteiger partial charge in [-0.25, -0.2) is 4.98 Å². The Balaban J connectivity index is 2.13. The summed E-state index contributed by atoms with van der Waals surface area (Å²) in [5, 5.41) is 2.77. The summed E-state index contributed by atoms with van der Waals surface area (Å²) >= 11 is 3.34. The number of esters is 3. The minimum Gasteiger partial charge on any atom is -0.463 e. The Bertz CT molecular complexity index is 1220. The second-order valence-corrected chi connectivity index (χ2v) is 10.3. The molecule has 13 nitrogen and oxygen atoms in total. The summed E-state index contributed by atoms with van der Waals surface area (Å²) in [4.78, 5) is 61.3. The van der Waals surface area contributed by atoms with Crippen LogP contribution in [0.4, 0.5) is 5.95 Å². The molecule has 1 saturated heterocycles. The highest BCUT2D eigenvalue weighted by Gasteiger charge is 2.52. The lowest BCUT2D eigenvalue weighted by molar-refractivity contribution is -0.173. The third-order valence-electron chi connectivity index (χ3n) is 5.59. The molecule has 1 aliphatic heterocycles. The number of nitrogens with one attached hydrogen (secondary N) is 2. The number of H-pyrrole nitrogens is 1. The van der Waals surface area contributed by atoms with Crippen molar-refractivity contribution >= 4 is 51.0 Å². The molecule has 1 fully saturated rings. The summed E-state index contributed by atoms with van der Waals surface area (Å²) in [6.45, 7) is 9.74. The highest BCUT2D eigenvalue weighted by atomic mass is 79.9. The van der Waals surface area contributed by atoms with Gasteiger partial charge in [-0.1, -0.05) is 41.5 Å². The van der Waals surface area contributed by atoms with Crippen LogP contribution in [-0.2, 0) is 33.3 Å². The highest BCUT2D eigenvalue weighted by Crippen LogP contribution is 2.38. The van der Waals surface area contributed by atoms with Crippen molar-refractivity contribution in [1.29, 1.82) is 0 Å². The zero-order valence-corrected chi connectivity index (χ0v) is 23.3. The maximum absolute atomic E-state index is 12.7. The number of hydrogen-bond donors (Lipinski definition) is 2. The van der Waals surface area contributed by atoms with Gasteiger partial charge in [0.05, 0.1) is 17.8 Å². The van der Waals surface area contributed by atoms with Crippen molar-refractivity contribution in [2.24, 2.45) is 17.8 Å². The predicted molar refractivity (Wildman–Crippen MR) is 135 cm³/mol. The number of carbonyl (C=O) groups is 3. The van der Waals surface area contributed by atoms with E-state index in [0.29, 0.717) is 0 Å². The summed E-state index contributed by atoms with van der Waals surface area (Å²) in [6.07, 6.45) is -4.42. The average Bonchev–Trinajstić information content (AvgIpc) is 3.33. The minimum absolute atomic E-state index is 0.00817. The molecule has 204 valence electrons. The molecule has 0 amide bonds. The summed E-state index contributed by atoms with van der Waals surface area (Å²) in [6, 6.07) is 0. The van der Waals surface area contributed by atoms with Crippen LogP contribution < -0.4 is 10.9 Å². The second kappa shape index (κ2) is 11.6. The van der Waals surface area contributed by atoms with E-state index < -0.39 is 65.8 Å². The van der Waals surface area contributed by atoms with Crippen LogP contribution in [0.2, 0.25) is 0 Å². The van der Waals surface area contributed by atoms with Gasteiger partial charge >= 0.3 is 17.9 Å². The van der Waals surface area contributed by atoms with E-state index in [0.717, 1.165) is 0 Å². The van der Waals surface area contributed by atoms with Gasteiger partial charge in [0.25, 0.3) is 5.56 Å². The van der Waals surface area contributed by atoms with E-state index in [1.54, 1.807) is 48.6 Å². The van der Waals surface area contributed by atoms with E-state index in [4.69, 9.17) is 18.9 Å². The van der Waals surface area contributed by atoms with Gasteiger partial charge in [-0.3, -0.25) is 28.7 Å². The third-order valence-corrected chi connectivity index (χ3v) is 6.15. The molecule has 0 spiro atoms. The molecule has 0 aromatic carbocycles. The summed E-state index contributed by atoms with van der Waals surface area (Å²) in [5.74, 6) is -2.81. The lowest BCUT2D eigenvalue weighted by Gasteiger charge is -2.26. The van der Waals surface area contributed by atoms with Crippen LogP contribution in [-0.4, -0.2) is 69.4 Å². The van der Waals surface area contributed by atoms with E-state index in [1.807, 2.05) is 0 Å². The number of carbonyl (C=O) groups excluding carboxylic acids is 3. The first-order valence-electron chi connectivity index (χ1n) is 11.9. The van der Waals surface area contributed by atoms with Gasteiger partial charge in [-0.15, -0.1) is 0 Å². The van der Waals surface area contributed by atoms with Crippen molar-refractivity contribution in [3.05, 3.63) is 15.1 Å². The molecule has 2 aromatic rings. The molecule has 3 rings (SSSR count). The molecular weight excluding hydrogens is 554 g/mol. The van der Waals surface area contributed by atoms with Crippen molar-refractivity contribution in [2.45, 2.75) is 66.1 Å². The Morgan fingerprint density at radius 3 is 2.11 bits per heavy atom. The number of hydrogen-bond acceptors (Lipinski definition) is 11. The Kier molecular flexibility index (Phi) is 8.95. The highest BCUT2D eigenvalue weighted by molar-refractivity contribution is 9.10. The zero-order chi connectivity index (χ0) is 27.6. The third kappa shape index (κ3) is 6.12. The molecule has 4 atom stereocenters. The van der Waals surface area contributed by atoms with E-state index in [9.17, 15) is 19.2 Å². The first-order valence-corrected chi connectivity index (χ1v) is 12.7. The fourth-order valence-electron chi connectivity index (χ4n) is 3.49. The Morgan fingerprint density at radius 1 is 1.00 bits per heavy atom. The number of ether oxygens (including phenoxy) is 4. The number of aromatic nitrogens is 4. The van der Waals surface area contributed by atoms with Crippen LogP contribution in [0.15, 0.2) is 9.53 Å². The zero-order valence-electron chi connectivity index (χ0n) is 21.7. The molecule has 0 saturated carbocycles. The average molecular weight is 586 g/mol. The topological polar surface area (TPSA) is 164 Å². The molecule has 0 bridgehead atoms. The van der Waals surface area contributed by atoms with Crippen molar-refractivity contribution in [2.75, 3.05) is 19.0 Å². The van der Waals surface area contributed by atoms with Gasteiger partial charge in [0.15, 0.2) is 34.3 Å². The number of imidazole rings is 1. The maximum atomic E-state index is 12.7. The van der Waals surface area contributed by atoms with Gasteiger partial charge in [0.1, 0.15) is 12.7 Å². The number of fused-ring (bicyclic) bond motifs is 1. The fourth-order valence-corrected chi connectivity index (χ4v) is 4.04. The Morgan fingerprint density at radius 2 is 1.57 bits per heavy atom. The van der Waals surface area contributed by atoms with Gasteiger partial charge in [0, 0.05) is 7.05 Å². The van der Waals surface area contributed by atoms with Crippen LogP contribution in [0.25, 0.3) is 11.2 Å². The van der Waals surface area contributed by atoms with Crippen molar-refractivity contribution in [3.63, 3.8) is 0 Å². The Labute approximate surface area is 221 Å². The molecule has 0 radical (unpaired) electrons. The smallest absolute Gasteiger partial charge is 0.308 e. The maximum Gasteiger partial charge on any atom is 0.308 e. The largest absolute Gasteiger partial charge is 0.463 e. The molecule has 0 aliphatic carbocycles. The lowest BCUT2D eigenvalue weighted by atomic mass is 10.1. The van der Waals surface area contributed by atoms with Crippen LogP contribution in [0, 0.1) is 17.8 Å². The number of halogens is 1. The first-order chi connectivity index (χ1) is 17.3. The number of rotatable bonds is 9. The lowest BCUT2D eigenvalue weighted by Crippen LogP contribution is -2.42. The number of nitrogens with zero attached hydrogens (tertiary/aromatic N) is 3. The van der Waals surface area contributed by atoms with Crippen LogP contribution >= 0.6 is 15.9 Å². The molecule has 2 aromatic heterocycles. The van der Waals surface area contributed by atoms with E-state index in [2.05, 4.69) is 36.2 Å². The van der Waals surface area contributed by atoms with E-state index >= 15 is 0 Å². The molecule has 1 aliphatic rings. The van der Waals surface area contributed by atoms with Crippen LogP contribution in [0.1, 0.15) is 47.8 Å². The molecule has 37 heavy (non-hydrogen) atoms. The molecule has 2 N–H and O–H groups in total. The van der Waals surface area contributed by atoms with Crippen molar-refractivity contribution in [1.82, 2.24) is 19.5 Å². The SMILES string of the molecule is CNc1nc2c(nc(Br)n2[C@@H]2O[C@H](COC(=O)C(C)C)[C@@H](OC(=O)C(C)C)[C@H]2OC(=O)C(C)C)c(=O)[nH]1. The minimum atomic E-state index is -1.17. The van der Waals surface area contributed by atoms with Gasteiger partial charge in [-0.2, -0.15) is 4.98 Å². The van der Waals surface area contributed by atoms with Crippen molar-refractivity contribution in [3.8, 4) is 0 Å². The van der Waals surface area contributed by atoms with Crippen molar-refractivity contribution < 1.29 is 33.3 Å². The summed E-state index contributed by atoms with van der Waals surface area (Å²) < 4.78 is 24.7. The molecular formula is C23H32BrN5O8. The fraction of sp³-hybridized carbons (Fsp3) is 0.652. The Hall–Kier alpha value is -3.00. The standard InChI is InChI=1S/C23H32BrN5O8/c1-9(2)19(31)34-8-12-14(36-20(32)10(3)4)15(37-21(33)11(5)6)18(35-12)29-16-13(26-22(29)24)17(30)28-23(25-7)27-16/h9-12,14-15,18H,8H2,1-7H3,(H2,25,27,28,30)/t12-,14-,15-,18-/m1/s1. The predicted octanol–water partition coefficient (Wildman–Crippen LogP) is 2.16. The number of aromatic amines is 1. The number of anilines is 1. The molecule has 0 unspecified atom stereocenters. The van der Waals surface area contributed by atoms with Crippen LogP contribution in [0.3, 0.4) is 0 Å². The first kappa shape index (κ1) is 28.6.